The summed E-state index contributed by atoms with van der Waals surface area (Å²) in [6, 6.07) is 9.44. The van der Waals surface area contributed by atoms with E-state index in [4.69, 9.17) is 0 Å². The summed E-state index contributed by atoms with van der Waals surface area (Å²) in [5, 5.41) is 12.2. The van der Waals surface area contributed by atoms with E-state index in [1.54, 1.807) is 57.2 Å². The Hall–Kier alpha value is -1.48. The van der Waals surface area contributed by atoms with Crippen LogP contribution in [0, 0.1) is 13.8 Å². The fraction of sp³-hybridized carbons (Fsp3) is 0.136. The molecule has 30 heavy (non-hydrogen) atoms. The standard InChI is InChI=1S/C22H19BrO5S.Na/c1-12-8-15(9-13(2)21(12)24)20(16-10-14(3)22(25)18(23)11-16)17-6-4-5-7-19(17)29(26,27)28;/h4-11,24H,1-3H3,(H,26,27,28);/q;+1/p-1/b20-16-;. The van der Waals surface area contributed by atoms with E-state index in [1.165, 1.54) is 12.1 Å². The molecule has 0 unspecified atom stereocenters. The van der Waals surface area contributed by atoms with E-state index in [0.29, 0.717) is 37.9 Å². The molecular formula is C22H18BrNaO5S. The molecule has 1 N–H and O–H groups in total. The Morgan fingerprint density at radius 2 is 1.60 bits per heavy atom. The molecule has 2 aromatic rings. The Morgan fingerprint density at radius 3 is 2.13 bits per heavy atom. The third-order valence-electron chi connectivity index (χ3n) is 4.70. The molecule has 0 saturated carbocycles. The van der Waals surface area contributed by atoms with Gasteiger partial charge in [-0.15, -0.1) is 5.75 Å². The molecule has 0 fully saturated rings. The van der Waals surface area contributed by atoms with E-state index < -0.39 is 10.1 Å². The third kappa shape index (κ3) is 4.88. The van der Waals surface area contributed by atoms with Gasteiger partial charge in [0.25, 0.3) is 10.1 Å². The SMILES string of the molecule is CC1=C/C(=C(\c2cc(C)c([O-])c(C)c2)c2ccccc2S(=O)(=O)O)C=C(Br)C1=O.[Na+]. The van der Waals surface area contributed by atoms with Gasteiger partial charge in [-0.25, -0.2) is 0 Å². The van der Waals surface area contributed by atoms with Gasteiger partial charge < -0.3 is 5.11 Å². The number of benzene rings is 2. The third-order valence-corrected chi connectivity index (χ3v) is 6.20. The van der Waals surface area contributed by atoms with Gasteiger partial charge in [0.15, 0.2) is 5.78 Å². The molecule has 0 atom stereocenters. The molecule has 0 bridgehead atoms. The molecule has 5 nitrogen and oxygen atoms in total. The molecule has 1 aliphatic carbocycles. The second-order valence-corrected chi connectivity index (χ2v) is 9.13. The normalized spacial score (nSPS) is 15.8. The van der Waals surface area contributed by atoms with Crippen molar-refractivity contribution in [1.82, 2.24) is 0 Å². The van der Waals surface area contributed by atoms with Crippen molar-refractivity contribution in [1.29, 1.82) is 0 Å². The number of aryl methyl sites for hydroxylation is 2. The monoisotopic (exact) mass is 496 g/mol. The predicted molar refractivity (Wildman–Crippen MR) is 113 cm³/mol. The molecule has 3 rings (SSSR count). The first-order chi connectivity index (χ1) is 13.5. The van der Waals surface area contributed by atoms with Crippen LogP contribution in [0.1, 0.15) is 29.2 Å². The van der Waals surface area contributed by atoms with Gasteiger partial charge in [0, 0.05) is 5.56 Å². The van der Waals surface area contributed by atoms with Crippen molar-refractivity contribution in [2.24, 2.45) is 0 Å². The van der Waals surface area contributed by atoms with Crippen LogP contribution in [0.5, 0.6) is 5.75 Å². The zero-order chi connectivity index (χ0) is 21.5. The minimum Gasteiger partial charge on any atom is -0.872 e. The maximum Gasteiger partial charge on any atom is 1.00 e. The molecule has 0 saturated heterocycles. The average Bonchev–Trinajstić information content (AvgIpc) is 2.64. The first kappa shape index (κ1) is 24.8. The van der Waals surface area contributed by atoms with Crippen molar-refractivity contribution in [3.63, 3.8) is 0 Å². The second-order valence-electron chi connectivity index (χ2n) is 6.89. The van der Waals surface area contributed by atoms with Crippen molar-refractivity contribution in [2.45, 2.75) is 25.7 Å². The molecule has 0 radical (unpaired) electrons. The quantitative estimate of drug-likeness (QED) is 0.509. The van der Waals surface area contributed by atoms with Crippen molar-refractivity contribution in [3.8, 4) is 5.75 Å². The van der Waals surface area contributed by atoms with E-state index in [2.05, 4.69) is 15.9 Å². The van der Waals surface area contributed by atoms with Gasteiger partial charge in [-0.3, -0.25) is 9.35 Å². The minimum atomic E-state index is -4.51. The zero-order valence-corrected chi connectivity index (χ0v) is 21.4. The van der Waals surface area contributed by atoms with Gasteiger partial charge in [-0.05, 0) is 77.2 Å². The van der Waals surface area contributed by atoms with Crippen LogP contribution in [-0.2, 0) is 14.9 Å². The number of hydrogen-bond donors (Lipinski definition) is 1. The van der Waals surface area contributed by atoms with Crippen LogP contribution < -0.4 is 34.7 Å². The first-order valence-electron chi connectivity index (χ1n) is 8.70. The van der Waals surface area contributed by atoms with Crippen molar-refractivity contribution in [3.05, 3.63) is 86.4 Å². The summed E-state index contributed by atoms with van der Waals surface area (Å²) in [7, 11) is -4.51. The summed E-state index contributed by atoms with van der Waals surface area (Å²) in [6.45, 7) is 5.04. The molecule has 8 heteroatoms. The number of carbonyl (C=O) groups excluding carboxylic acids is 1. The molecule has 0 aromatic heterocycles. The largest absolute Gasteiger partial charge is 1.00 e. The maximum atomic E-state index is 12.2. The second kappa shape index (κ2) is 9.34. The molecule has 0 amide bonds. The van der Waals surface area contributed by atoms with Crippen LogP contribution in [0.3, 0.4) is 0 Å². The maximum absolute atomic E-state index is 12.2. The average molecular weight is 497 g/mol. The molecule has 0 aliphatic heterocycles. The van der Waals surface area contributed by atoms with E-state index in [1.807, 2.05) is 0 Å². The number of rotatable bonds is 3. The summed E-state index contributed by atoms with van der Waals surface area (Å²) >= 11 is 3.27. The van der Waals surface area contributed by atoms with Crippen molar-refractivity contribution < 1.29 is 52.4 Å². The summed E-state index contributed by atoms with van der Waals surface area (Å²) in [5.41, 5.74) is 3.47. The van der Waals surface area contributed by atoms with Gasteiger partial charge in [-0.1, -0.05) is 41.5 Å². The van der Waals surface area contributed by atoms with E-state index >= 15 is 0 Å². The Morgan fingerprint density at radius 1 is 1.03 bits per heavy atom. The van der Waals surface area contributed by atoms with Gasteiger partial charge in [0.05, 0.1) is 4.48 Å². The Bertz CT molecular complexity index is 1190. The van der Waals surface area contributed by atoms with Crippen LogP contribution in [0.2, 0.25) is 0 Å². The first-order valence-corrected chi connectivity index (χ1v) is 10.9. The minimum absolute atomic E-state index is 0. The molecule has 0 heterocycles. The number of allylic oxidation sites excluding steroid dienone is 5. The molecule has 1 aliphatic rings. The van der Waals surface area contributed by atoms with Crippen LogP contribution in [0.25, 0.3) is 5.57 Å². The number of Topliss-reactive ketones (excluding diaryl/α,β-unsaturated/α-hetero) is 1. The zero-order valence-electron chi connectivity index (χ0n) is 17.0. The van der Waals surface area contributed by atoms with Gasteiger partial charge >= 0.3 is 29.6 Å². The van der Waals surface area contributed by atoms with Crippen LogP contribution >= 0.6 is 15.9 Å². The number of carbonyl (C=O) groups is 1. The number of halogens is 1. The summed E-state index contributed by atoms with van der Waals surface area (Å²) in [4.78, 5) is 11.9. The molecular weight excluding hydrogens is 479 g/mol. The number of ketones is 1. The van der Waals surface area contributed by atoms with E-state index in [-0.39, 0.29) is 51.5 Å². The Kier molecular flexibility index (Phi) is 7.72. The predicted octanol–water partition coefficient (Wildman–Crippen LogP) is 1.24. The topological polar surface area (TPSA) is 94.5 Å². The van der Waals surface area contributed by atoms with Gasteiger partial charge in [0.1, 0.15) is 4.90 Å². The number of hydrogen-bond acceptors (Lipinski definition) is 4. The summed E-state index contributed by atoms with van der Waals surface area (Å²) < 4.78 is 34.2. The summed E-state index contributed by atoms with van der Waals surface area (Å²) in [6.07, 6.45) is 3.28. The van der Waals surface area contributed by atoms with Crippen LogP contribution in [0.4, 0.5) is 0 Å². The van der Waals surface area contributed by atoms with Crippen molar-refractivity contribution >= 4 is 37.4 Å². The molecule has 2 aromatic carbocycles. The summed E-state index contributed by atoms with van der Waals surface area (Å²) in [5.74, 6) is -0.262. The van der Waals surface area contributed by atoms with E-state index in [9.17, 15) is 22.9 Å². The smallest absolute Gasteiger partial charge is 0.872 e. The fourth-order valence-electron chi connectivity index (χ4n) is 3.35. The van der Waals surface area contributed by atoms with Crippen molar-refractivity contribution in [2.75, 3.05) is 0 Å². The molecule has 150 valence electrons. The van der Waals surface area contributed by atoms with Crippen LogP contribution in [0.15, 0.2) is 69.1 Å². The van der Waals surface area contributed by atoms with Gasteiger partial charge in [-0.2, -0.15) is 8.42 Å². The van der Waals surface area contributed by atoms with E-state index in [0.717, 1.165) is 0 Å². The molecule has 0 spiro atoms. The fourth-order valence-corrected chi connectivity index (χ4v) is 4.60. The van der Waals surface area contributed by atoms with Gasteiger partial charge in [0.2, 0.25) is 0 Å². The Labute approximate surface area is 206 Å². The van der Waals surface area contributed by atoms with Crippen LogP contribution in [-0.4, -0.2) is 18.8 Å². The Balaban J connectivity index is 0.00000320.